The first kappa shape index (κ1) is 16.3. The predicted octanol–water partition coefficient (Wildman–Crippen LogP) is 0.546. The summed E-state index contributed by atoms with van der Waals surface area (Å²) >= 11 is 0. The van der Waals surface area contributed by atoms with Crippen LogP contribution in [0.3, 0.4) is 0 Å². The zero-order valence-corrected chi connectivity index (χ0v) is 12.3. The van der Waals surface area contributed by atoms with E-state index in [-0.39, 0.29) is 30.3 Å². The van der Waals surface area contributed by atoms with Crippen molar-refractivity contribution in [2.45, 2.75) is 26.8 Å². The molecule has 1 aliphatic rings. The molecule has 3 atom stereocenters. The summed E-state index contributed by atoms with van der Waals surface area (Å²) in [5, 5.41) is 11.5. The number of aliphatic carboxylic acids is 1. The van der Waals surface area contributed by atoms with Gasteiger partial charge in [-0.1, -0.05) is 20.8 Å². The second kappa shape index (κ2) is 6.58. The molecule has 1 rings (SSSR count). The van der Waals surface area contributed by atoms with Crippen LogP contribution in [0.4, 0.5) is 4.79 Å². The lowest BCUT2D eigenvalue weighted by molar-refractivity contribution is -0.146. The molecule has 0 saturated carbocycles. The van der Waals surface area contributed by atoms with Crippen LogP contribution in [0.2, 0.25) is 0 Å². The van der Waals surface area contributed by atoms with Gasteiger partial charge in [-0.25, -0.2) is 9.59 Å². The fraction of sp³-hybridized carbons (Fsp3) is 0.769. The van der Waals surface area contributed by atoms with Gasteiger partial charge in [-0.3, -0.25) is 4.79 Å². The number of carbonyl (C=O) groups is 3. The Morgan fingerprint density at radius 1 is 1.30 bits per heavy atom. The summed E-state index contributed by atoms with van der Waals surface area (Å²) in [4.78, 5) is 36.2. The maximum absolute atomic E-state index is 12.1. The summed E-state index contributed by atoms with van der Waals surface area (Å²) in [7, 11) is 1.32. The molecule has 114 valence electrons. The quantitative estimate of drug-likeness (QED) is 0.736. The van der Waals surface area contributed by atoms with Crippen molar-refractivity contribution < 1.29 is 24.2 Å². The first-order valence-electron chi connectivity index (χ1n) is 6.64. The molecule has 1 fully saturated rings. The van der Waals surface area contributed by atoms with E-state index < -0.39 is 18.0 Å². The van der Waals surface area contributed by atoms with Gasteiger partial charge in [-0.15, -0.1) is 0 Å². The number of esters is 1. The number of nitrogens with one attached hydrogen (secondary N) is 1. The van der Waals surface area contributed by atoms with E-state index in [1.807, 2.05) is 6.92 Å². The molecule has 20 heavy (non-hydrogen) atoms. The Morgan fingerprint density at radius 3 is 2.35 bits per heavy atom. The number of hydrogen-bond donors (Lipinski definition) is 2. The first-order valence-corrected chi connectivity index (χ1v) is 6.64. The van der Waals surface area contributed by atoms with E-state index >= 15 is 0 Å². The Labute approximate surface area is 118 Å². The average molecular weight is 286 g/mol. The van der Waals surface area contributed by atoms with Crippen LogP contribution in [0.25, 0.3) is 0 Å². The van der Waals surface area contributed by atoms with Gasteiger partial charge in [0.05, 0.1) is 13.0 Å². The second-order valence-electron chi connectivity index (χ2n) is 5.52. The largest absolute Gasteiger partial charge is 0.480 e. The molecular formula is C13H22N2O5. The van der Waals surface area contributed by atoms with E-state index in [9.17, 15) is 14.4 Å². The van der Waals surface area contributed by atoms with E-state index in [0.717, 1.165) is 0 Å². The number of carbonyl (C=O) groups excluding carboxylic acids is 2. The summed E-state index contributed by atoms with van der Waals surface area (Å²) in [6.07, 6.45) is 0. The third-order valence-electron chi connectivity index (χ3n) is 3.62. The Kier molecular flexibility index (Phi) is 5.35. The third-order valence-corrected chi connectivity index (χ3v) is 3.62. The molecule has 2 amide bonds. The highest BCUT2D eigenvalue weighted by molar-refractivity contribution is 5.83. The maximum Gasteiger partial charge on any atom is 0.326 e. The van der Waals surface area contributed by atoms with E-state index in [4.69, 9.17) is 9.84 Å². The van der Waals surface area contributed by atoms with Gasteiger partial charge in [-0.2, -0.15) is 0 Å². The molecule has 0 aromatic rings. The number of likely N-dealkylation sites (tertiary alicyclic amines) is 1. The highest BCUT2D eigenvalue weighted by atomic mass is 16.5. The van der Waals surface area contributed by atoms with Crippen LogP contribution in [0.15, 0.2) is 0 Å². The number of nitrogens with zero attached hydrogens (tertiary/aromatic N) is 1. The van der Waals surface area contributed by atoms with Crippen LogP contribution in [0, 0.1) is 17.8 Å². The van der Waals surface area contributed by atoms with Crippen molar-refractivity contribution in [1.29, 1.82) is 0 Å². The number of urea groups is 1. The Hall–Kier alpha value is -1.79. The van der Waals surface area contributed by atoms with E-state index in [0.29, 0.717) is 6.54 Å². The van der Waals surface area contributed by atoms with Gasteiger partial charge in [0.15, 0.2) is 0 Å². The second-order valence-corrected chi connectivity index (χ2v) is 5.52. The smallest absolute Gasteiger partial charge is 0.326 e. The van der Waals surface area contributed by atoms with Gasteiger partial charge in [0, 0.05) is 13.1 Å². The number of carboxylic acid groups (broad SMARTS) is 1. The molecule has 0 bridgehead atoms. The van der Waals surface area contributed by atoms with Crippen molar-refractivity contribution in [2.24, 2.45) is 17.8 Å². The van der Waals surface area contributed by atoms with Crippen LogP contribution in [0.1, 0.15) is 20.8 Å². The summed E-state index contributed by atoms with van der Waals surface area (Å²) in [5.74, 6) is -1.98. The Morgan fingerprint density at radius 2 is 1.90 bits per heavy atom. The minimum Gasteiger partial charge on any atom is -0.480 e. The average Bonchev–Trinajstić information content (AvgIpc) is 2.76. The normalized spacial score (nSPS) is 23.6. The van der Waals surface area contributed by atoms with Crippen molar-refractivity contribution in [2.75, 3.05) is 20.2 Å². The molecule has 0 radical (unpaired) electrons. The van der Waals surface area contributed by atoms with Gasteiger partial charge < -0.3 is 20.1 Å². The van der Waals surface area contributed by atoms with Crippen molar-refractivity contribution in [3.05, 3.63) is 0 Å². The Balaban J connectivity index is 2.66. The fourth-order valence-electron chi connectivity index (χ4n) is 2.33. The topological polar surface area (TPSA) is 95.9 Å². The third kappa shape index (κ3) is 3.61. The number of amides is 2. The SMILES string of the molecule is COC(=O)C1CN(C(=O)NC(C(=O)O)C(C)C)CC1C. The Bertz CT molecular complexity index is 396. The lowest BCUT2D eigenvalue weighted by Gasteiger charge is -2.23. The van der Waals surface area contributed by atoms with Gasteiger partial charge in [0.2, 0.25) is 0 Å². The van der Waals surface area contributed by atoms with Crippen molar-refractivity contribution >= 4 is 18.0 Å². The molecule has 0 aromatic heterocycles. The van der Waals surface area contributed by atoms with Crippen molar-refractivity contribution in [3.63, 3.8) is 0 Å². The van der Waals surface area contributed by atoms with Crippen LogP contribution in [-0.2, 0) is 14.3 Å². The molecule has 1 saturated heterocycles. The molecule has 2 N–H and O–H groups in total. The summed E-state index contributed by atoms with van der Waals surface area (Å²) < 4.78 is 4.70. The lowest BCUT2D eigenvalue weighted by Crippen LogP contribution is -2.49. The standard InChI is InChI=1S/C13H22N2O5/c1-7(2)10(11(16)17)14-13(19)15-5-8(3)9(6-15)12(18)20-4/h7-10H,5-6H2,1-4H3,(H,14,19)(H,16,17). The highest BCUT2D eigenvalue weighted by Crippen LogP contribution is 2.24. The molecule has 7 heteroatoms. The fourth-order valence-corrected chi connectivity index (χ4v) is 2.33. The van der Waals surface area contributed by atoms with E-state index in [2.05, 4.69) is 5.32 Å². The number of carboxylic acids is 1. The molecular weight excluding hydrogens is 264 g/mol. The maximum atomic E-state index is 12.1. The molecule has 0 aliphatic carbocycles. The molecule has 1 heterocycles. The van der Waals surface area contributed by atoms with Gasteiger partial charge in [0.1, 0.15) is 6.04 Å². The monoisotopic (exact) mass is 286 g/mol. The minimum atomic E-state index is -1.06. The predicted molar refractivity (Wildman–Crippen MR) is 71.0 cm³/mol. The molecule has 1 aliphatic heterocycles. The molecule has 0 aromatic carbocycles. The van der Waals surface area contributed by atoms with Gasteiger partial charge in [0.25, 0.3) is 0 Å². The number of rotatable bonds is 4. The van der Waals surface area contributed by atoms with Gasteiger partial charge in [-0.05, 0) is 11.8 Å². The van der Waals surface area contributed by atoms with Crippen molar-refractivity contribution in [3.8, 4) is 0 Å². The molecule has 0 spiro atoms. The van der Waals surface area contributed by atoms with Crippen LogP contribution < -0.4 is 5.32 Å². The van der Waals surface area contributed by atoms with E-state index in [1.165, 1.54) is 12.0 Å². The van der Waals surface area contributed by atoms with Crippen LogP contribution in [0.5, 0.6) is 0 Å². The van der Waals surface area contributed by atoms with Crippen LogP contribution in [-0.4, -0.2) is 54.2 Å². The molecule has 3 unspecified atom stereocenters. The number of ether oxygens (including phenoxy) is 1. The zero-order chi connectivity index (χ0) is 15.4. The lowest BCUT2D eigenvalue weighted by atomic mass is 9.99. The number of hydrogen-bond acceptors (Lipinski definition) is 4. The van der Waals surface area contributed by atoms with E-state index in [1.54, 1.807) is 13.8 Å². The summed E-state index contributed by atoms with van der Waals surface area (Å²) in [6.45, 7) is 5.98. The van der Waals surface area contributed by atoms with Crippen LogP contribution >= 0.6 is 0 Å². The number of methoxy groups -OCH3 is 1. The molecule has 7 nitrogen and oxygen atoms in total. The van der Waals surface area contributed by atoms with Gasteiger partial charge >= 0.3 is 18.0 Å². The summed E-state index contributed by atoms with van der Waals surface area (Å²) in [5.41, 5.74) is 0. The first-order chi connectivity index (χ1) is 9.27. The van der Waals surface area contributed by atoms with Crippen molar-refractivity contribution in [1.82, 2.24) is 10.2 Å². The zero-order valence-electron chi connectivity index (χ0n) is 12.3. The summed E-state index contributed by atoms with van der Waals surface area (Å²) in [6, 6.07) is -1.39. The highest BCUT2D eigenvalue weighted by Gasteiger charge is 2.38. The minimum absolute atomic E-state index is 0.00414.